The molecule has 182 valence electrons. The third-order valence-corrected chi connectivity index (χ3v) is 6.07. The smallest absolute Gasteiger partial charge is 0.303 e. The van der Waals surface area contributed by atoms with E-state index < -0.39 is 5.97 Å². The normalized spacial score (nSPS) is 16.6. The number of carboxylic acids is 1. The van der Waals surface area contributed by atoms with Gasteiger partial charge in [-0.05, 0) is 53.7 Å². The number of methoxy groups -OCH3 is 1. The summed E-state index contributed by atoms with van der Waals surface area (Å²) in [4.78, 5) is 25.0. The van der Waals surface area contributed by atoms with Gasteiger partial charge in [0, 0.05) is 24.2 Å². The SMILES string of the molecule is COc1c2c(cc3c1[C@@H](c1nnnn1-c1cccc(NC(=O)CCC(=O)O)c1)N(C)CC3)OCO2. The highest BCUT2D eigenvalue weighted by atomic mass is 16.7. The van der Waals surface area contributed by atoms with E-state index in [-0.39, 0.29) is 31.6 Å². The highest BCUT2D eigenvalue weighted by Crippen LogP contribution is 2.50. The molecule has 0 saturated carbocycles. The Kier molecular flexibility index (Phi) is 5.95. The first kappa shape index (κ1) is 22.6. The molecule has 2 aliphatic heterocycles. The van der Waals surface area contributed by atoms with E-state index in [2.05, 4.69) is 25.7 Å². The Bertz CT molecular complexity index is 1290. The second-order valence-corrected chi connectivity index (χ2v) is 8.29. The third kappa shape index (κ3) is 4.23. The quantitative estimate of drug-likeness (QED) is 0.514. The van der Waals surface area contributed by atoms with Gasteiger partial charge in [-0.15, -0.1) is 5.10 Å². The van der Waals surface area contributed by atoms with Crippen LogP contribution in [0.5, 0.6) is 17.2 Å². The molecular formula is C23H24N6O6. The number of carbonyl (C=O) groups is 2. The number of likely N-dealkylation sites (N-methyl/N-ethyl adjacent to an activating group) is 1. The van der Waals surface area contributed by atoms with Crippen molar-refractivity contribution in [2.75, 3.05) is 32.8 Å². The van der Waals surface area contributed by atoms with Crippen molar-refractivity contribution in [1.82, 2.24) is 25.1 Å². The van der Waals surface area contributed by atoms with Crippen LogP contribution in [0.3, 0.4) is 0 Å². The van der Waals surface area contributed by atoms with E-state index in [0.29, 0.717) is 34.4 Å². The molecule has 0 fully saturated rings. The summed E-state index contributed by atoms with van der Waals surface area (Å²) in [5.74, 6) is 0.984. The van der Waals surface area contributed by atoms with E-state index >= 15 is 0 Å². The Morgan fingerprint density at radius 3 is 2.91 bits per heavy atom. The summed E-state index contributed by atoms with van der Waals surface area (Å²) in [7, 11) is 3.60. The van der Waals surface area contributed by atoms with Crippen LogP contribution in [0.1, 0.15) is 35.8 Å². The van der Waals surface area contributed by atoms with Gasteiger partial charge in [0.05, 0.1) is 19.2 Å². The minimum atomic E-state index is -1.03. The first-order valence-corrected chi connectivity index (χ1v) is 11.1. The number of anilines is 1. The van der Waals surface area contributed by atoms with Gasteiger partial charge in [-0.25, -0.2) is 0 Å². The zero-order valence-electron chi connectivity index (χ0n) is 19.2. The number of aromatic nitrogens is 4. The number of nitrogens with zero attached hydrogens (tertiary/aromatic N) is 5. The van der Waals surface area contributed by atoms with Gasteiger partial charge in [-0.2, -0.15) is 4.68 Å². The molecule has 5 rings (SSSR count). The molecule has 1 atom stereocenters. The lowest BCUT2D eigenvalue weighted by Gasteiger charge is -2.34. The molecule has 1 aromatic heterocycles. The van der Waals surface area contributed by atoms with E-state index in [4.69, 9.17) is 19.3 Å². The number of tetrazole rings is 1. The predicted molar refractivity (Wildman–Crippen MR) is 122 cm³/mol. The average Bonchev–Trinajstić information content (AvgIpc) is 3.51. The Morgan fingerprint density at radius 1 is 1.26 bits per heavy atom. The van der Waals surface area contributed by atoms with Gasteiger partial charge in [0.25, 0.3) is 0 Å². The van der Waals surface area contributed by atoms with Crippen LogP contribution in [0.4, 0.5) is 5.69 Å². The van der Waals surface area contributed by atoms with Crippen LogP contribution in [0.25, 0.3) is 5.69 Å². The highest BCUT2D eigenvalue weighted by Gasteiger charge is 2.37. The van der Waals surface area contributed by atoms with Crippen molar-refractivity contribution in [2.45, 2.75) is 25.3 Å². The van der Waals surface area contributed by atoms with Crippen LogP contribution in [0, 0.1) is 0 Å². The summed E-state index contributed by atoms with van der Waals surface area (Å²) in [6.07, 6.45) is 0.445. The van der Waals surface area contributed by atoms with Gasteiger partial charge < -0.3 is 24.6 Å². The molecule has 0 spiro atoms. The number of benzene rings is 2. The Morgan fingerprint density at radius 2 is 2.11 bits per heavy atom. The van der Waals surface area contributed by atoms with Crippen LogP contribution in [0.15, 0.2) is 30.3 Å². The first-order chi connectivity index (χ1) is 17.0. The second-order valence-electron chi connectivity index (χ2n) is 8.29. The fraction of sp³-hybridized carbons (Fsp3) is 0.348. The Balaban J connectivity index is 1.51. The summed E-state index contributed by atoms with van der Waals surface area (Å²) in [5.41, 5.74) is 3.14. The monoisotopic (exact) mass is 480 g/mol. The van der Waals surface area contributed by atoms with Gasteiger partial charge in [-0.3, -0.25) is 14.5 Å². The van der Waals surface area contributed by atoms with Crippen molar-refractivity contribution in [3.63, 3.8) is 0 Å². The number of nitrogens with one attached hydrogen (secondary N) is 1. The Labute approximate surface area is 200 Å². The molecule has 2 aliphatic rings. The molecule has 1 amide bonds. The maximum absolute atomic E-state index is 12.1. The fourth-order valence-electron chi connectivity index (χ4n) is 4.47. The molecule has 0 bridgehead atoms. The van der Waals surface area contributed by atoms with Crippen LogP contribution in [-0.2, 0) is 16.0 Å². The summed E-state index contributed by atoms with van der Waals surface area (Å²) in [5, 5.41) is 24.0. The molecule has 0 aliphatic carbocycles. The minimum Gasteiger partial charge on any atom is -0.492 e. The molecule has 0 unspecified atom stereocenters. The summed E-state index contributed by atoms with van der Waals surface area (Å²) >= 11 is 0. The fourth-order valence-corrected chi connectivity index (χ4v) is 4.47. The van der Waals surface area contributed by atoms with Gasteiger partial charge in [0.1, 0.15) is 6.04 Å². The number of carbonyl (C=O) groups excluding carboxylic acids is 1. The minimum absolute atomic E-state index is 0.116. The topological polar surface area (TPSA) is 141 Å². The number of hydrogen-bond acceptors (Lipinski definition) is 9. The summed E-state index contributed by atoms with van der Waals surface area (Å²) in [6.45, 7) is 0.908. The van der Waals surface area contributed by atoms with E-state index in [1.807, 2.05) is 19.2 Å². The number of aliphatic carboxylic acids is 1. The van der Waals surface area contributed by atoms with Crippen molar-refractivity contribution in [2.24, 2.45) is 0 Å². The molecule has 12 nitrogen and oxygen atoms in total. The first-order valence-electron chi connectivity index (χ1n) is 11.1. The van der Waals surface area contributed by atoms with Crippen molar-refractivity contribution >= 4 is 17.6 Å². The number of carboxylic acid groups (broad SMARTS) is 1. The second kappa shape index (κ2) is 9.22. The number of rotatable bonds is 7. The molecule has 3 aromatic rings. The molecule has 2 N–H and O–H groups in total. The van der Waals surface area contributed by atoms with Gasteiger partial charge in [0.2, 0.25) is 18.4 Å². The molecule has 12 heteroatoms. The maximum Gasteiger partial charge on any atom is 0.303 e. The van der Waals surface area contributed by atoms with Crippen molar-refractivity contribution < 1.29 is 28.9 Å². The molecule has 2 aromatic carbocycles. The van der Waals surface area contributed by atoms with Crippen molar-refractivity contribution in [1.29, 1.82) is 0 Å². The molecule has 35 heavy (non-hydrogen) atoms. The highest BCUT2D eigenvalue weighted by molar-refractivity contribution is 5.92. The molecular weight excluding hydrogens is 456 g/mol. The molecule has 0 saturated heterocycles. The zero-order valence-corrected chi connectivity index (χ0v) is 19.2. The zero-order chi connectivity index (χ0) is 24.5. The van der Waals surface area contributed by atoms with E-state index in [1.54, 1.807) is 30.0 Å². The maximum atomic E-state index is 12.1. The lowest BCUT2D eigenvalue weighted by molar-refractivity contribution is -0.138. The lowest BCUT2D eigenvalue weighted by atomic mass is 9.90. The largest absolute Gasteiger partial charge is 0.492 e. The third-order valence-electron chi connectivity index (χ3n) is 6.07. The van der Waals surface area contributed by atoms with Gasteiger partial charge in [0.15, 0.2) is 17.3 Å². The van der Waals surface area contributed by atoms with E-state index in [1.165, 1.54) is 0 Å². The molecule has 3 heterocycles. The van der Waals surface area contributed by atoms with Crippen LogP contribution in [0.2, 0.25) is 0 Å². The van der Waals surface area contributed by atoms with Crippen LogP contribution < -0.4 is 19.5 Å². The Hall–Kier alpha value is -4.19. The van der Waals surface area contributed by atoms with Gasteiger partial charge >= 0.3 is 5.97 Å². The van der Waals surface area contributed by atoms with Crippen molar-refractivity contribution in [3.05, 3.63) is 47.3 Å². The predicted octanol–water partition coefficient (Wildman–Crippen LogP) is 1.78. The standard InChI is InChI=1S/C23H24N6O6/c1-28-9-8-13-10-16-21(35-12-34-16)22(33-2)19(13)20(28)23-25-26-27-29(23)15-5-3-4-14(11-15)24-17(30)6-7-18(31)32/h3-5,10-11,20H,6-9,12H2,1-2H3,(H,24,30)(H,31,32)/t20-/m0/s1. The number of fused-ring (bicyclic) bond motifs is 2. The average molecular weight is 480 g/mol. The van der Waals surface area contributed by atoms with Crippen LogP contribution in [-0.4, -0.2) is 69.6 Å². The number of ether oxygens (including phenoxy) is 3. The van der Waals surface area contributed by atoms with E-state index in [0.717, 1.165) is 24.1 Å². The number of hydrogen-bond donors (Lipinski definition) is 2. The molecule has 0 radical (unpaired) electrons. The van der Waals surface area contributed by atoms with E-state index in [9.17, 15) is 9.59 Å². The van der Waals surface area contributed by atoms with Crippen molar-refractivity contribution in [3.8, 4) is 22.9 Å². The summed E-state index contributed by atoms with van der Waals surface area (Å²) in [6, 6.07) is 8.71. The lowest BCUT2D eigenvalue weighted by Crippen LogP contribution is -2.35. The number of amides is 1. The summed E-state index contributed by atoms with van der Waals surface area (Å²) < 4.78 is 18.7. The van der Waals surface area contributed by atoms with Gasteiger partial charge in [-0.1, -0.05) is 6.07 Å². The van der Waals surface area contributed by atoms with Crippen LogP contribution >= 0.6 is 0 Å².